The molecular formula is C20H20N4O4. The molecule has 8 nitrogen and oxygen atoms in total. The van der Waals surface area contributed by atoms with Gasteiger partial charge in [0.2, 0.25) is 0 Å². The molecule has 8 heteroatoms. The number of nitrogens with zero attached hydrogens (tertiary/aromatic N) is 3. The number of para-hydroxylation sites is 1. The standard InChI is InChI=1S/C20H20N4O4/c1-23-12-15(19(26)24-8-4-5-9-24)10-16(20(23)27)22-18(25)13-28-17-7-3-2-6-14(17)11-21/h2-3,6-7,10,12H,4-5,8-9,13H2,1H3,(H,22,25). The molecule has 0 radical (unpaired) electrons. The number of benzene rings is 1. The van der Waals surface area contributed by atoms with Crippen molar-refractivity contribution in [1.29, 1.82) is 5.26 Å². The SMILES string of the molecule is Cn1cc(C(=O)N2CCCC2)cc(NC(=O)COc2ccccc2C#N)c1=O. The van der Waals surface area contributed by atoms with E-state index in [-0.39, 0.29) is 24.0 Å². The summed E-state index contributed by atoms with van der Waals surface area (Å²) in [5, 5.41) is 11.5. The normalized spacial score (nSPS) is 13.1. The average Bonchev–Trinajstić information content (AvgIpc) is 3.24. The molecule has 28 heavy (non-hydrogen) atoms. The van der Waals surface area contributed by atoms with Gasteiger partial charge in [0.1, 0.15) is 17.5 Å². The van der Waals surface area contributed by atoms with Crippen molar-refractivity contribution in [2.24, 2.45) is 7.05 Å². The van der Waals surface area contributed by atoms with Gasteiger partial charge in [0.25, 0.3) is 17.4 Å². The number of nitrogens with one attached hydrogen (secondary N) is 1. The monoisotopic (exact) mass is 380 g/mol. The molecule has 0 saturated carbocycles. The van der Waals surface area contributed by atoms with Gasteiger partial charge in [-0.2, -0.15) is 5.26 Å². The number of ether oxygens (including phenoxy) is 1. The van der Waals surface area contributed by atoms with E-state index < -0.39 is 11.5 Å². The summed E-state index contributed by atoms with van der Waals surface area (Å²) in [5.74, 6) is -0.440. The highest BCUT2D eigenvalue weighted by Crippen LogP contribution is 2.17. The summed E-state index contributed by atoms with van der Waals surface area (Å²) in [5.41, 5.74) is 0.234. The average molecular weight is 380 g/mol. The zero-order valence-electron chi connectivity index (χ0n) is 15.5. The zero-order valence-corrected chi connectivity index (χ0v) is 15.5. The Bertz CT molecular complexity index is 1000. The number of nitriles is 1. The van der Waals surface area contributed by atoms with Crippen molar-refractivity contribution in [3.8, 4) is 11.8 Å². The number of rotatable bonds is 5. The van der Waals surface area contributed by atoms with Crippen LogP contribution in [0.4, 0.5) is 5.69 Å². The lowest BCUT2D eigenvalue weighted by Crippen LogP contribution is -2.31. The van der Waals surface area contributed by atoms with Gasteiger partial charge in [0.15, 0.2) is 6.61 Å². The number of carbonyl (C=O) groups is 2. The first kappa shape index (κ1) is 19.2. The Morgan fingerprint density at radius 1 is 1.25 bits per heavy atom. The Kier molecular flexibility index (Phi) is 5.75. The molecule has 0 atom stereocenters. The number of carbonyl (C=O) groups excluding carboxylic acids is 2. The van der Waals surface area contributed by atoms with Gasteiger partial charge < -0.3 is 19.5 Å². The second kappa shape index (κ2) is 8.39. The predicted octanol–water partition coefficient (Wildman–Crippen LogP) is 1.51. The number of aromatic nitrogens is 1. The second-order valence-electron chi connectivity index (χ2n) is 6.50. The summed E-state index contributed by atoms with van der Waals surface area (Å²) < 4.78 is 6.64. The predicted molar refractivity (Wildman–Crippen MR) is 102 cm³/mol. The van der Waals surface area contributed by atoms with Crippen LogP contribution >= 0.6 is 0 Å². The van der Waals surface area contributed by atoms with E-state index >= 15 is 0 Å². The first-order valence-corrected chi connectivity index (χ1v) is 8.91. The molecule has 0 bridgehead atoms. The van der Waals surface area contributed by atoms with Crippen molar-refractivity contribution in [1.82, 2.24) is 9.47 Å². The molecule has 1 saturated heterocycles. The van der Waals surface area contributed by atoms with E-state index in [9.17, 15) is 14.4 Å². The summed E-state index contributed by atoms with van der Waals surface area (Å²) in [4.78, 5) is 38.8. The molecule has 1 aromatic heterocycles. The fourth-order valence-electron chi connectivity index (χ4n) is 3.04. The van der Waals surface area contributed by atoms with Crippen LogP contribution in [0.1, 0.15) is 28.8 Å². The van der Waals surface area contributed by atoms with E-state index in [2.05, 4.69) is 5.32 Å². The number of likely N-dealkylation sites (tertiary alicyclic amines) is 1. The Morgan fingerprint density at radius 2 is 1.96 bits per heavy atom. The van der Waals surface area contributed by atoms with Gasteiger partial charge in [-0.3, -0.25) is 14.4 Å². The van der Waals surface area contributed by atoms with Gasteiger partial charge in [0, 0.05) is 26.3 Å². The third kappa shape index (κ3) is 4.20. The molecule has 1 aromatic carbocycles. The van der Waals surface area contributed by atoms with Crippen molar-refractivity contribution >= 4 is 17.5 Å². The van der Waals surface area contributed by atoms with E-state index in [0.717, 1.165) is 12.8 Å². The molecule has 1 N–H and O–H groups in total. The highest BCUT2D eigenvalue weighted by atomic mass is 16.5. The molecule has 2 amide bonds. The van der Waals surface area contributed by atoms with E-state index in [1.807, 2.05) is 6.07 Å². The minimum atomic E-state index is -0.560. The first-order chi connectivity index (χ1) is 13.5. The lowest BCUT2D eigenvalue weighted by molar-refractivity contribution is -0.118. The van der Waals surface area contributed by atoms with Crippen LogP contribution in [0.5, 0.6) is 5.75 Å². The maximum atomic E-state index is 12.6. The van der Waals surface area contributed by atoms with E-state index in [0.29, 0.717) is 24.2 Å². The van der Waals surface area contributed by atoms with E-state index in [4.69, 9.17) is 10.00 Å². The molecule has 1 fully saturated rings. The molecule has 1 aliphatic rings. The summed E-state index contributed by atoms with van der Waals surface area (Å²) in [6.45, 7) is 1.01. The highest BCUT2D eigenvalue weighted by Gasteiger charge is 2.21. The van der Waals surface area contributed by atoms with Crippen LogP contribution < -0.4 is 15.6 Å². The summed E-state index contributed by atoms with van der Waals surface area (Å²) in [7, 11) is 1.53. The fraction of sp³-hybridized carbons (Fsp3) is 0.300. The van der Waals surface area contributed by atoms with Crippen molar-refractivity contribution in [2.45, 2.75) is 12.8 Å². The van der Waals surface area contributed by atoms with Crippen LogP contribution in [0.2, 0.25) is 0 Å². The van der Waals surface area contributed by atoms with Crippen LogP contribution in [0.3, 0.4) is 0 Å². The van der Waals surface area contributed by atoms with Gasteiger partial charge in [-0.1, -0.05) is 12.1 Å². The van der Waals surface area contributed by atoms with Gasteiger partial charge >= 0.3 is 0 Å². The molecule has 1 aliphatic heterocycles. The van der Waals surface area contributed by atoms with Crippen molar-refractivity contribution in [3.63, 3.8) is 0 Å². The topological polar surface area (TPSA) is 104 Å². The Morgan fingerprint density at radius 3 is 2.68 bits per heavy atom. The molecule has 3 rings (SSSR count). The lowest BCUT2D eigenvalue weighted by atomic mass is 10.2. The summed E-state index contributed by atoms with van der Waals surface area (Å²) >= 11 is 0. The molecule has 0 aliphatic carbocycles. The summed E-state index contributed by atoms with van der Waals surface area (Å²) in [6.07, 6.45) is 3.39. The largest absolute Gasteiger partial charge is 0.482 e. The van der Waals surface area contributed by atoms with Gasteiger partial charge in [-0.15, -0.1) is 0 Å². The van der Waals surface area contributed by atoms with E-state index in [1.54, 1.807) is 29.2 Å². The number of anilines is 1. The molecule has 2 heterocycles. The number of hydrogen-bond acceptors (Lipinski definition) is 5. The maximum absolute atomic E-state index is 12.6. The minimum absolute atomic E-state index is 0.00900. The first-order valence-electron chi connectivity index (χ1n) is 8.91. The Labute approximate surface area is 161 Å². The van der Waals surface area contributed by atoms with E-state index in [1.165, 1.54) is 23.9 Å². The second-order valence-corrected chi connectivity index (χ2v) is 6.50. The minimum Gasteiger partial charge on any atom is -0.482 e. The third-order valence-electron chi connectivity index (χ3n) is 4.46. The Hall–Kier alpha value is -3.60. The van der Waals surface area contributed by atoms with Crippen molar-refractivity contribution in [3.05, 3.63) is 58.0 Å². The smallest absolute Gasteiger partial charge is 0.274 e. The molecule has 144 valence electrons. The number of amides is 2. The summed E-state index contributed by atoms with van der Waals surface area (Å²) in [6, 6.07) is 9.92. The van der Waals surface area contributed by atoms with Gasteiger partial charge in [-0.05, 0) is 31.0 Å². The van der Waals surface area contributed by atoms with Crippen LogP contribution in [0.25, 0.3) is 0 Å². The number of hydrogen-bond donors (Lipinski definition) is 1. The van der Waals surface area contributed by atoms with Gasteiger partial charge in [-0.25, -0.2) is 0 Å². The van der Waals surface area contributed by atoms with Gasteiger partial charge in [0.05, 0.1) is 11.1 Å². The molecule has 0 unspecified atom stereocenters. The van der Waals surface area contributed by atoms with Crippen LogP contribution in [-0.4, -0.2) is 41.0 Å². The van der Waals surface area contributed by atoms with Crippen molar-refractivity contribution in [2.75, 3.05) is 25.0 Å². The van der Waals surface area contributed by atoms with Crippen LogP contribution in [0, 0.1) is 11.3 Å². The quantitative estimate of drug-likeness (QED) is 0.847. The highest BCUT2D eigenvalue weighted by molar-refractivity contribution is 5.97. The molecule has 0 spiro atoms. The number of aryl methyl sites for hydroxylation is 1. The Balaban J connectivity index is 1.72. The lowest BCUT2D eigenvalue weighted by Gasteiger charge is -2.16. The maximum Gasteiger partial charge on any atom is 0.274 e. The zero-order chi connectivity index (χ0) is 20.1. The van der Waals surface area contributed by atoms with Crippen LogP contribution in [-0.2, 0) is 11.8 Å². The van der Waals surface area contributed by atoms with Crippen molar-refractivity contribution < 1.29 is 14.3 Å². The van der Waals surface area contributed by atoms with Crippen LogP contribution in [0.15, 0.2) is 41.3 Å². The number of pyridine rings is 1. The fourth-order valence-corrected chi connectivity index (χ4v) is 3.04. The molecule has 2 aromatic rings. The molecular weight excluding hydrogens is 360 g/mol. The third-order valence-corrected chi connectivity index (χ3v) is 4.46.